The Kier molecular flexibility index (Phi) is 14.5. The Hall–Kier alpha value is -4.93. The minimum absolute atomic E-state index is 0.514. The van der Waals surface area contributed by atoms with Gasteiger partial charge in [0.05, 0.1) is 17.1 Å². The van der Waals surface area contributed by atoms with Crippen molar-refractivity contribution in [1.29, 1.82) is 0 Å². The molecule has 0 saturated heterocycles. The summed E-state index contributed by atoms with van der Waals surface area (Å²) in [4.78, 5) is 2.56. The van der Waals surface area contributed by atoms with Crippen molar-refractivity contribution in [3.8, 4) is 0 Å². The maximum Gasteiger partial charge on any atom is 0.0766 e. The van der Waals surface area contributed by atoms with E-state index in [9.17, 15) is 0 Å². The van der Waals surface area contributed by atoms with E-state index in [2.05, 4.69) is 296 Å². The zero-order valence-electron chi connectivity index (χ0n) is 40.0. The number of rotatable bonds is 6. The largest absolute Gasteiger partial charge is 0.290 e. The van der Waals surface area contributed by atoms with Crippen LogP contribution >= 0.6 is 69.0 Å². The molecule has 0 saturated carbocycles. The van der Waals surface area contributed by atoms with Crippen LogP contribution in [-0.4, -0.2) is 23.4 Å². The quantitative estimate of drug-likeness (QED) is 0.153. The molecule has 358 valence electrons. The van der Waals surface area contributed by atoms with E-state index in [0.29, 0.717) is 19.6 Å². The summed E-state index contributed by atoms with van der Waals surface area (Å²) >= 11 is 12.2. The molecule has 3 aliphatic heterocycles. The lowest BCUT2D eigenvalue weighted by molar-refractivity contribution is 0.247. The van der Waals surface area contributed by atoms with Crippen molar-refractivity contribution in [1.82, 2.24) is 4.90 Å². The molecule has 0 radical (unpaired) electrons. The number of benzene rings is 9. The second kappa shape index (κ2) is 21.1. The Bertz CT molecular complexity index is 3270. The minimum Gasteiger partial charge on any atom is -0.290 e. The molecule has 8 bridgehead atoms. The molecule has 3 aliphatic rings. The lowest BCUT2D eigenvalue weighted by atomic mass is 9.99. The Balaban J connectivity index is 1.37. The van der Waals surface area contributed by atoms with Gasteiger partial charge in [0.2, 0.25) is 0 Å². The summed E-state index contributed by atoms with van der Waals surface area (Å²) in [5.41, 5.74) is 6.00. The molecule has 10 heteroatoms. The smallest absolute Gasteiger partial charge is 0.0766 e. The summed E-state index contributed by atoms with van der Waals surface area (Å²) in [6, 6.07) is 87.9. The van der Waals surface area contributed by atoms with Crippen molar-refractivity contribution < 1.29 is 0 Å². The van der Waals surface area contributed by atoms with Crippen LogP contribution < -0.4 is 31.8 Å². The normalized spacial score (nSPS) is 19.1. The molecular weight excluding hydrogens is 1130 g/mol. The lowest BCUT2D eigenvalue weighted by Gasteiger charge is -2.44. The predicted octanol–water partition coefficient (Wildman–Crippen LogP) is 16.7. The Morgan fingerprint density at radius 3 is 1.03 bits per heavy atom. The molecule has 3 heterocycles. The Morgan fingerprint density at radius 2 is 0.681 bits per heavy atom. The highest BCUT2D eigenvalue weighted by molar-refractivity contribution is 9.11. The molecule has 0 spiro atoms. The lowest BCUT2D eigenvalue weighted by Crippen LogP contribution is -2.40. The van der Waals surface area contributed by atoms with Gasteiger partial charge in [0, 0.05) is 54.2 Å². The zero-order chi connectivity index (χ0) is 49.2. The van der Waals surface area contributed by atoms with E-state index < -0.39 is 26.6 Å². The van der Waals surface area contributed by atoms with Gasteiger partial charge in [-0.1, -0.05) is 227 Å². The van der Waals surface area contributed by atoms with Crippen LogP contribution in [0, 0.1) is 5.41 Å². The topological polar surface area (TPSA) is 40.3 Å². The highest BCUT2D eigenvalue weighted by Crippen LogP contribution is 2.65. The fourth-order valence-electron chi connectivity index (χ4n) is 11.0. The second-order valence-electron chi connectivity index (χ2n) is 19.4. The molecule has 0 unspecified atom stereocenters. The molecule has 0 atom stereocenters. The van der Waals surface area contributed by atoms with E-state index in [1.165, 1.54) is 48.5 Å². The average molecular weight is 1190 g/mol. The molecule has 9 aromatic carbocycles. The maximum atomic E-state index is 6.37. The number of fused-ring (bicyclic) bond motifs is 3. The first kappa shape index (κ1) is 49.3. The second-order valence-corrected chi connectivity index (χ2v) is 31.2. The van der Waals surface area contributed by atoms with Crippen LogP contribution in [0.5, 0.6) is 0 Å². The van der Waals surface area contributed by atoms with Crippen LogP contribution in [0.1, 0.15) is 23.6 Å². The van der Waals surface area contributed by atoms with Crippen molar-refractivity contribution in [2.75, 3.05) is 18.5 Å². The summed E-state index contributed by atoms with van der Waals surface area (Å²) in [5, 5.41) is 7.51. The van der Waals surface area contributed by atoms with Crippen LogP contribution in [0.2, 0.25) is 0 Å². The third kappa shape index (κ3) is 10.0. The molecular formula is C62H54Br3N4P3. The first-order valence-corrected chi connectivity index (χ1v) is 32.5. The van der Waals surface area contributed by atoms with E-state index in [1.807, 2.05) is 0 Å². The molecule has 0 N–H and O–H groups in total. The van der Waals surface area contributed by atoms with Crippen molar-refractivity contribution >= 4 is 118 Å². The van der Waals surface area contributed by atoms with E-state index in [1.54, 1.807) is 0 Å². The van der Waals surface area contributed by atoms with Gasteiger partial charge >= 0.3 is 0 Å². The molecule has 72 heavy (non-hydrogen) atoms. The van der Waals surface area contributed by atoms with Gasteiger partial charge < -0.3 is 0 Å². The predicted molar refractivity (Wildman–Crippen MR) is 322 cm³/mol. The summed E-state index contributed by atoms with van der Waals surface area (Å²) < 4.78 is 22.2. The molecule has 0 aromatic heterocycles. The summed E-state index contributed by atoms with van der Waals surface area (Å²) in [5.74, 6) is 0. The van der Waals surface area contributed by atoms with Crippen LogP contribution in [0.3, 0.4) is 0 Å². The third-order valence-electron chi connectivity index (χ3n) is 14.0. The van der Waals surface area contributed by atoms with Gasteiger partial charge in [0.15, 0.2) is 0 Å². The number of nitrogens with zero attached hydrogens (tertiary/aromatic N) is 4. The first-order chi connectivity index (χ1) is 35.1. The Morgan fingerprint density at radius 1 is 0.361 bits per heavy atom. The summed E-state index contributed by atoms with van der Waals surface area (Å²) in [7, 11) is -8.35. The zero-order valence-corrected chi connectivity index (χ0v) is 47.5. The van der Waals surface area contributed by atoms with E-state index in [0.717, 1.165) is 49.0 Å². The van der Waals surface area contributed by atoms with Gasteiger partial charge in [-0.25, -0.2) is 0 Å². The van der Waals surface area contributed by atoms with E-state index in [-0.39, 0.29) is 0 Å². The van der Waals surface area contributed by atoms with Gasteiger partial charge in [0.1, 0.15) is 0 Å². The molecule has 0 aliphatic carbocycles. The SMILES string of the molecule is CC12CP(c3ccccc3)(c3ccccc3)=Nc3ccc(Br)c(c3)CN(Cc3ccc(Br)c(c3)N=P(c3ccccc3)(c3ccccc3)C1)Cc1cc(ccc1Br)N=P(c1ccccc1)(c1ccccc1)C2. The standard InChI is InChI=1S/C62H54Br3N4P3/c1-62-44-70(52-20-8-2-9-21-52,53-22-10-3-11-23-53)66-50-33-36-58(63)48(39-50)42-69(41-47-32-35-60(65)61(38-47)68-72(46-62,56-28-16-6-17-29-56)57-30-18-7-19-31-57)43-49-40-51(34-37-59(49)64)67-71(45-62,54-24-12-4-13-25-54)55-26-14-5-15-27-55/h2-40H,41-46H2,1H3. The number of hydrogen-bond donors (Lipinski definition) is 0. The van der Waals surface area contributed by atoms with E-state index in [4.69, 9.17) is 14.2 Å². The molecule has 4 nitrogen and oxygen atoms in total. The van der Waals surface area contributed by atoms with Crippen molar-refractivity contribution in [2.24, 2.45) is 19.6 Å². The number of hydrogen-bond acceptors (Lipinski definition) is 4. The van der Waals surface area contributed by atoms with Crippen molar-refractivity contribution in [2.45, 2.75) is 26.6 Å². The fraction of sp³-hybridized carbons (Fsp3) is 0.129. The van der Waals surface area contributed by atoms with Crippen LogP contribution in [0.25, 0.3) is 0 Å². The number of halogens is 3. The first-order valence-electron chi connectivity index (χ1n) is 24.4. The van der Waals surface area contributed by atoms with Crippen LogP contribution in [0.4, 0.5) is 17.1 Å². The summed E-state index contributed by atoms with van der Waals surface area (Å²) in [6.45, 7) is 4.63. The van der Waals surface area contributed by atoms with Gasteiger partial charge in [0.25, 0.3) is 0 Å². The fourth-order valence-corrected chi connectivity index (χ4v) is 25.2. The third-order valence-corrected chi connectivity index (χ3v) is 28.5. The Labute approximate surface area is 450 Å². The van der Waals surface area contributed by atoms with Gasteiger partial charge in [-0.05, 0) is 137 Å². The average Bonchev–Trinajstić information content (AvgIpc) is 3.42. The highest BCUT2D eigenvalue weighted by Gasteiger charge is 2.45. The maximum absolute atomic E-state index is 6.37. The van der Waals surface area contributed by atoms with Crippen molar-refractivity contribution in [3.63, 3.8) is 0 Å². The van der Waals surface area contributed by atoms with Gasteiger partial charge in [-0.3, -0.25) is 19.1 Å². The monoisotopic (exact) mass is 1180 g/mol. The molecule has 0 fully saturated rings. The van der Waals surface area contributed by atoms with Crippen LogP contribution in [-0.2, 0) is 19.6 Å². The van der Waals surface area contributed by atoms with Gasteiger partial charge in [-0.15, -0.1) is 0 Å². The highest BCUT2D eigenvalue weighted by atomic mass is 79.9. The molecule has 12 rings (SSSR count). The molecule has 0 amide bonds. The minimum atomic E-state index is -2.80. The van der Waals surface area contributed by atoms with Crippen LogP contribution in [0.15, 0.2) is 264 Å². The summed E-state index contributed by atoms with van der Waals surface area (Å²) in [6.07, 6.45) is 2.26. The van der Waals surface area contributed by atoms with Gasteiger partial charge in [-0.2, -0.15) is 0 Å². The van der Waals surface area contributed by atoms with Crippen molar-refractivity contribution in [3.05, 3.63) is 267 Å². The molecule has 9 aromatic rings. The van der Waals surface area contributed by atoms with E-state index >= 15 is 0 Å².